The van der Waals surface area contributed by atoms with Gasteiger partial charge in [0.05, 0.1) is 53.9 Å². The minimum Gasteiger partial charge on any atom is -0.496 e. The second-order valence-corrected chi connectivity index (χ2v) is 28.1. The number of sulfonamides is 2. The molecule has 536 valence electrons. The topological polar surface area (TPSA) is 306 Å². The second-order valence-electron chi connectivity index (χ2n) is 24.9. The first-order valence-electron chi connectivity index (χ1n) is 33.0. The smallest absolute Gasteiger partial charge is 0.328 e. The number of ether oxygens (including phenoxy) is 3. The molecule has 0 spiro atoms. The highest BCUT2D eigenvalue weighted by Crippen LogP contribution is 2.42. The molecule has 8 aromatic carbocycles. The molecule has 3 aliphatic rings. The molecule has 3 saturated carbocycles. The molecule has 9 N–H and O–H groups in total. The van der Waals surface area contributed by atoms with Crippen molar-refractivity contribution in [2.24, 2.45) is 15.9 Å². The minimum absolute atomic E-state index is 0. The molecule has 11 rings (SSSR count). The van der Waals surface area contributed by atoms with Gasteiger partial charge in [-0.1, -0.05) is 179 Å². The SMILES string of the molecule is C.C.COc1ccccc1C(=O)NCC1(c2ccccc2)CCC(N)CC1.COc1ccccc1C(=O)NCC1(c2ccccc2)CCC(N=C=O)CC1.COc1ccccc1C(=O)NCC1(c2ccccc2)CCC(NC(=O)NS(=O)(=O)c2ccccc2)CC1.NS(=O)(=O)c1ccccc1. The molecule has 0 unspecified atom stereocenters. The first kappa shape index (κ1) is 80.0. The molecule has 0 aromatic heterocycles. The van der Waals surface area contributed by atoms with E-state index in [1.807, 2.05) is 78.9 Å². The van der Waals surface area contributed by atoms with Crippen LogP contribution in [0, 0.1) is 0 Å². The number of urea groups is 1. The highest BCUT2D eigenvalue weighted by molar-refractivity contribution is 7.90. The summed E-state index contributed by atoms with van der Waals surface area (Å²) >= 11 is 0. The van der Waals surface area contributed by atoms with Crippen LogP contribution in [-0.2, 0) is 41.1 Å². The molecule has 0 radical (unpaired) electrons. The quantitative estimate of drug-likeness (QED) is 0.0276. The molecule has 0 aliphatic heterocycles. The minimum atomic E-state index is -3.95. The molecule has 0 bridgehead atoms. The van der Waals surface area contributed by atoms with Gasteiger partial charge in [0.1, 0.15) is 17.2 Å². The van der Waals surface area contributed by atoms with E-state index in [-0.39, 0.29) is 76.7 Å². The Morgan fingerprint density at radius 3 is 1.06 bits per heavy atom. The number of carbonyl (C=O) groups is 4. The zero-order valence-electron chi connectivity index (χ0n) is 56.0. The van der Waals surface area contributed by atoms with Crippen molar-refractivity contribution in [3.8, 4) is 17.2 Å². The lowest BCUT2D eigenvalue weighted by Crippen LogP contribution is -2.50. The Balaban J connectivity index is 0.000000224. The third-order valence-electron chi connectivity index (χ3n) is 18.7. The van der Waals surface area contributed by atoms with E-state index in [0.717, 1.165) is 56.9 Å². The second kappa shape index (κ2) is 38.6. The van der Waals surface area contributed by atoms with E-state index in [9.17, 15) is 40.8 Å². The maximum Gasteiger partial charge on any atom is 0.328 e. The zero-order valence-corrected chi connectivity index (χ0v) is 57.7. The summed E-state index contributed by atoms with van der Waals surface area (Å²) in [5.41, 5.74) is 10.8. The van der Waals surface area contributed by atoms with Gasteiger partial charge in [-0.05, 0) is 154 Å². The summed E-state index contributed by atoms with van der Waals surface area (Å²) in [5.74, 6) is 1.22. The predicted molar refractivity (Wildman–Crippen MR) is 396 cm³/mol. The van der Waals surface area contributed by atoms with Gasteiger partial charge in [-0.2, -0.15) is 0 Å². The van der Waals surface area contributed by atoms with Crippen LogP contribution in [0.5, 0.6) is 17.2 Å². The average Bonchev–Trinajstić information content (AvgIpc) is 0.807. The van der Waals surface area contributed by atoms with E-state index >= 15 is 0 Å². The summed E-state index contributed by atoms with van der Waals surface area (Å²) in [6.07, 6.45) is 11.7. The van der Waals surface area contributed by atoms with Gasteiger partial charge in [-0.3, -0.25) is 14.4 Å². The van der Waals surface area contributed by atoms with Crippen LogP contribution in [0.15, 0.2) is 239 Å². The van der Waals surface area contributed by atoms with Gasteiger partial charge < -0.3 is 41.2 Å². The molecule has 3 fully saturated rings. The van der Waals surface area contributed by atoms with Crippen LogP contribution in [0.25, 0.3) is 0 Å². The summed E-state index contributed by atoms with van der Waals surface area (Å²) < 4.78 is 64.2. The standard InChI is InChI=1S/C28H31N3O5S.C22H24N2O3.C21H26N2O2.C6H7NO2S.2CH4/c1-36-25-15-9-8-14-24(25)26(32)29-20-28(21-10-4-2-5-11-21)18-16-22(17-19-28)30-27(33)31-37(34,35)23-12-6-3-7-13-23;1-27-20-10-6-5-9-19(20)21(26)23-15-22(17-7-3-2-4-8-17)13-11-18(12-14-22)24-16-25;1-25-19-10-6-5-9-18(19)20(24)23-15-21(13-11-17(22)12-14-21)16-7-3-2-4-8-16;7-10(8,9)6-4-2-1-3-5-6;;/h2-15,22H,16-20H2,1H3,(H,29,32)(H2,30,31,33);2-10,18H,11-15H2,1H3,(H,23,26);2-10,17H,11-15,22H2,1H3,(H,23,24);1-5H,(H2,7,8,9);2*1H4. The number of methoxy groups -OCH3 is 3. The number of rotatable bonds is 20. The summed E-state index contributed by atoms with van der Waals surface area (Å²) in [6.45, 7) is 1.57. The molecule has 20 nitrogen and oxygen atoms in total. The summed E-state index contributed by atoms with van der Waals surface area (Å²) in [6, 6.07) is 67.4. The van der Waals surface area contributed by atoms with Crippen LogP contribution < -0.4 is 51.1 Å². The zero-order chi connectivity index (χ0) is 70.7. The Morgan fingerprint density at radius 1 is 0.446 bits per heavy atom. The molecule has 101 heavy (non-hydrogen) atoms. The summed E-state index contributed by atoms with van der Waals surface area (Å²) in [5, 5.41) is 17.0. The number of primary sulfonamides is 1. The van der Waals surface area contributed by atoms with Crippen molar-refractivity contribution in [3.63, 3.8) is 0 Å². The Bertz CT molecular complexity index is 4190. The number of nitrogens with one attached hydrogen (secondary N) is 5. The number of benzene rings is 8. The number of amides is 5. The van der Waals surface area contributed by atoms with Gasteiger partial charge >= 0.3 is 6.03 Å². The third kappa shape index (κ3) is 22.3. The Labute approximate surface area is 595 Å². The Hall–Kier alpha value is -9.96. The number of nitrogens with zero attached hydrogens (tertiary/aromatic N) is 1. The van der Waals surface area contributed by atoms with E-state index in [4.69, 9.17) is 25.1 Å². The largest absolute Gasteiger partial charge is 0.496 e. The maximum absolute atomic E-state index is 13.0. The van der Waals surface area contributed by atoms with Gasteiger partial charge in [-0.15, -0.1) is 0 Å². The highest BCUT2D eigenvalue weighted by Gasteiger charge is 2.40. The molecule has 0 saturated heterocycles. The first-order valence-corrected chi connectivity index (χ1v) is 36.0. The lowest BCUT2D eigenvalue weighted by atomic mass is 9.68. The van der Waals surface area contributed by atoms with E-state index in [1.54, 1.807) is 93.1 Å². The fraction of sp³-hybridized carbons (Fsp3) is 0.329. The summed E-state index contributed by atoms with van der Waals surface area (Å²) in [4.78, 5) is 65.6. The number of carbonyl (C=O) groups excluding carboxylic acids is 5. The van der Waals surface area contributed by atoms with Gasteiger partial charge in [0.15, 0.2) is 0 Å². The van der Waals surface area contributed by atoms with Crippen LogP contribution in [0.4, 0.5) is 4.79 Å². The normalized spacial score (nSPS) is 19.8. The molecular formula is C79H96N8O12S2. The number of hydrogen-bond donors (Lipinski definition) is 7. The fourth-order valence-corrected chi connectivity index (χ4v) is 14.6. The summed E-state index contributed by atoms with van der Waals surface area (Å²) in [7, 11) is -2.77. The molecule has 5 amide bonds. The van der Waals surface area contributed by atoms with Gasteiger partial charge in [0.2, 0.25) is 16.1 Å². The van der Waals surface area contributed by atoms with E-state index < -0.39 is 26.1 Å². The molecule has 0 heterocycles. The van der Waals surface area contributed by atoms with E-state index in [0.29, 0.717) is 79.3 Å². The van der Waals surface area contributed by atoms with Gasteiger partial charge in [0, 0.05) is 48.0 Å². The van der Waals surface area contributed by atoms with Crippen LogP contribution in [-0.4, -0.2) is 106 Å². The number of nitrogens with two attached hydrogens (primary N) is 2. The van der Waals surface area contributed by atoms with Crippen LogP contribution in [0.2, 0.25) is 0 Å². The third-order valence-corrected chi connectivity index (χ3v) is 21.0. The molecular weight excluding hydrogens is 1320 g/mol. The monoisotopic (exact) mass is 1410 g/mol. The number of aliphatic imine (C=N–C) groups is 1. The number of isocyanates is 1. The van der Waals surface area contributed by atoms with Crippen molar-refractivity contribution in [2.75, 3.05) is 41.0 Å². The van der Waals surface area contributed by atoms with Crippen LogP contribution >= 0.6 is 0 Å². The number of hydrogen-bond acceptors (Lipinski definition) is 14. The first-order chi connectivity index (χ1) is 47.8. The van der Waals surface area contributed by atoms with Crippen LogP contribution in [0.3, 0.4) is 0 Å². The maximum atomic E-state index is 13.0. The molecule has 8 aromatic rings. The molecule has 0 atom stereocenters. The average molecular weight is 1410 g/mol. The van der Waals surface area contributed by atoms with Gasteiger partial charge in [0.25, 0.3) is 27.7 Å². The van der Waals surface area contributed by atoms with Crippen molar-refractivity contribution < 1.29 is 55.0 Å². The van der Waals surface area contributed by atoms with Crippen molar-refractivity contribution >= 4 is 49.9 Å². The fourth-order valence-electron chi connectivity index (χ4n) is 13.1. The van der Waals surface area contributed by atoms with Crippen molar-refractivity contribution in [2.45, 2.75) is 136 Å². The van der Waals surface area contributed by atoms with E-state index in [2.05, 4.69) is 79.5 Å². The van der Waals surface area contributed by atoms with Crippen molar-refractivity contribution in [1.29, 1.82) is 0 Å². The lowest BCUT2D eigenvalue weighted by Gasteiger charge is -2.41. The van der Waals surface area contributed by atoms with Crippen LogP contribution in [0.1, 0.15) is 140 Å². The number of para-hydroxylation sites is 3. The Kier molecular flexibility index (Phi) is 30.6. The lowest BCUT2D eigenvalue weighted by molar-refractivity contribution is 0.0924. The van der Waals surface area contributed by atoms with E-state index in [1.165, 1.54) is 42.5 Å². The highest BCUT2D eigenvalue weighted by atomic mass is 32.2. The Morgan fingerprint density at radius 2 is 0.743 bits per heavy atom. The molecule has 22 heteroatoms. The molecule has 3 aliphatic carbocycles. The predicted octanol–water partition coefficient (Wildman–Crippen LogP) is 12.5. The van der Waals surface area contributed by atoms with Crippen molar-refractivity contribution in [3.05, 3.63) is 258 Å². The van der Waals surface area contributed by atoms with Gasteiger partial charge in [-0.25, -0.2) is 41.3 Å². The van der Waals surface area contributed by atoms with Crippen molar-refractivity contribution in [1.82, 2.24) is 26.0 Å².